The summed E-state index contributed by atoms with van der Waals surface area (Å²) in [5, 5.41) is 5.36. The minimum Gasteiger partial charge on any atom is -0.376 e. The van der Waals surface area contributed by atoms with Crippen LogP contribution in [0, 0.1) is 5.82 Å². The molecule has 0 radical (unpaired) electrons. The van der Waals surface area contributed by atoms with Gasteiger partial charge in [-0.1, -0.05) is 15.9 Å². The molecule has 7 heteroatoms. The number of carbonyl (C=O) groups excluding carboxylic acids is 2. The quantitative estimate of drug-likeness (QED) is 0.851. The van der Waals surface area contributed by atoms with Crippen LogP contribution in [0.4, 0.5) is 10.1 Å². The molecule has 5 nitrogen and oxygen atoms in total. The van der Waals surface area contributed by atoms with Gasteiger partial charge in [0.05, 0.1) is 6.54 Å². The van der Waals surface area contributed by atoms with Gasteiger partial charge in [-0.2, -0.15) is 0 Å². The van der Waals surface area contributed by atoms with Crippen molar-refractivity contribution in [3.05, 3.63) is 28.5 Å². The molecule has 0 aliphatic rings. The molecule has 1 aromatic carbocycles. The van der Waals surface area contributed by atoms with Gasteiger partial charge in [-0.3, -0.25) is 9.59 Å². The Balaban J connectivity index is 2.49. The molecule has 0 aliphatic carbocycles. The normalized spacial score (nSPS) is 11.7. The second-order valence-electron chi connectivity index (χ2n) is 4.53. The molecule has 0 saturated heterocycles. The van der Waals surface area contributed by atoms with Gasteiger partial charge in [0.15, 0.2) is 0 Å². The van der Waals surface area contributed by atoms with Crippen molar-refractivity contribution in [3.63, 3.8) is 0 Å². The van der Waals surface area contributed by atoms with Gasteiger partial charge in [-0.05, 0) is 25.1 Å². The van der Waals surface area contributed by atoms with Crippen LogP contribution >= 0.6 is 15.9 Å². The molecule has 1 atom stereocenters. The summed E-state index contributed by atoms with van der Waals surface area (Å²) >= 11 is 3.16. The van der Waals surface area contributed by atoms with E-state index < -0.39 is 11.9 Å². The first-order chi connectivity index (χ1) is 9.29. The first-order valence-corrected chi connectivity index (χ1v) is 6.79. The zero-order chi connectivity index (χ0) is 15.3. The highest BCUT2D eigenvalue weighted by molar-refractivity contribution is 9.10. The first-order valence-electron chi connectivity index (χ1n) is 6.00. The maximum Gasteiger partial charge on any atom is 0.244 e. The zero-order valence-corrected chi connectivity index (χ0v) is 13.1. The van der Waals surface area contributed by atoms with Crippen molar-refractivity contribution in [2.45, 2.75) is 13.0 Å². The number of nitrogens with one attached hydrogen (secondary N) is 2. The van der Waals surface area contributed by atoms with Gasteiger partial charge in [0.1, 0.15) is 11.9 Å². The number of benzene rings is 1. The highest BCUT2D eigenvalue weighted by atomic mass is 79.9. The predicted octanol–water partition coefficient (Wildman–Crippen LogP) is 1.59. The summed E-state index contributed by atoms with van der Waals surface area (Å²) in [5.74, 6) is -0.932. The van der Waals surface area contributed by atoms with Crippen LogP contribution in [0.25, 0.3) is 0 Å². The lowest BCUT2D eigenvalue weighted by atomic mass is 10.3. The lowest BCUT2D eigenvalue weighted by molar-refractivity contribution is -0.133. The van der Waals surface area contributed by atoms with Crippen LogP contribution in [0.5, 0.6) is 0 Å². The Hall–Kier alpha value is -1.63. The Kier molecular flexibility index (Phi) is 5.94. The summed E-state index contributed by atoms with van der Waals surface area (Å²) in [5.41, 5.74) is 0.485. The summed E-state index contributed by atoms with van der Waals surface area (Å²) in [4.78, 5) is 24.7. The van der Waals surface area contributed by atoms with Crippen molar-refractivity contribution in [2.75, 3.05) is 26.0 Å². The average Bonchev–Trinajstić information content (AvgIpc) is 2.34. The molecule has 2 N–H and O–H groups in total. The van der Waals surface area contributed by atoms with E-state index >= 15 is 0 Å². The third-order valence-electron chi connectivity index (χ3n) is 2.50. The van der Waals surface area contributed by atoms with Crippen LogP contribution in [-0.4, -0.2) is 43.4 Å². The molecule has 1 aromatic rings. The molecule has 0 aliphatic heterocycles. The number of likely N-dealkylation sites (N-methyl/N-ethyl adjacent to an activating group) is 1. The summed E-state index contributed by atoms with van der Waals surface area (Å²) in [6, 6.07) is 3.67. The standard InChI is InChI=1S/C13H17BrFN3O2/c1-8(13(20)18(2)3)17-12(19)7-16-11-5-9(14)4-10(15)6-11/h4-6,8,16H,7H2,1-3H3,(H,17,19)/t8-/m0/s1. The zero-order valence-electron chi connectivity index (χ0n) is 11.5. The van der Waals surface area contributed by atoms with Crippen molar-refractivity contribution in [1.82, 2.24) is 10.2 Å². The first kappa shape index (κ1) is 16.4. The van der Waals surface area contributed by atoms with E-state index in [2.05, 4.69) is 26.6 Å². The number of amides is 2. The molecule has 0 heterocycles. The number of rotatable bonds is 5. The lowest BCUT2D eigenvalue weighted by Gasteiger charge is -2.18. The molecule has 20 heavy (non-hydrogen) atoms. The molecule has 0 aromatic heterocycles. The van der Waals surface area contributed by atoms with E-state index in [9.17, 15) is 14.0 Å². The molecule has 110 valence electrons. The maximum atomic E-state index is 13.1. The van der Waals surface area contributed by atoms with E-state index in [-0.39, 0.29) is 18.4 Å². The van der Waals surface area contributed by atoms with Crippen LogP contribution in [0.15, 0.2) is 22.7 Å². The fourth-order valence-electron chi connectivity index (χ4n) is 1.58. The van der Waals surface area contributed by atoms with E-state index in [1.54, 1.807) is 27.1 Å². The van der Waals surface area contributed by atoms with Gasteiger partial charge in [-0.25, -0.2) is 4.39 Å². The minimum absolute atomic E-state index is 0.0407. The second kappa shape index (κ2) is 7.23. The lowest BCUT2D eigenvalue weighted by Crippen LogP contribution is -2.45. The van der Waals surface area contributed by atoms with Crippen molar-refractivity contribution >= 4 is 33.4 Å². The van der Waals surface area contributed by atoms with Gasteiger partial charge in [0.25, 0.3) is 0 Å². The fraction of sp³-hybridized carbons (Fsp3) is 0.385. The molecule has 0 unspecified atom stereocenters. The molecule has 1 rings (SSSR count). The predicted molar refractivity (Wildman–Crippen MR) is 78.9 cm³/mol. The van der Waals surface area contributed by atoms with Crippen LogP contribution in [0.3, 0.4) is 0 Å². The summed E-state index contributed by atoms with van der Waals surface area (Å²) in [6.07, 6.45) is 0. The molecule has 0 saturated carbocycles. The SMILES string of the molecule is C[C@H](NC(=O)CNc1cc(F)cc(Br)c1)C(=O)N(C)C. The number of anilines is 1. The second-order valence-corrected chi connectivity index (χ2v) is 5.45. The summed E-state index contributed by atoms with van der Waals surface area (Å²) < 4.78 is 13.7. The van der Waals surface area contributed by atoms with E-state index in [1.165, 1.54) is 17.0 Å². The Morgan fingerprint density at radius 2 is 2.00 bits per heavy atom. The number of halogens is 2. The Bertz CT molecular complexity index is 488. The fourth-order valence-corrected chi connectivity index (χ4v) is 2.05. The van der Waals surface area contributed by atoms with Crippen molar-refractivity contribution in [3.8, 4) is 0 Å². The van der Waals surface area contributed by atoms with E-state index in [1.807, 2.05) is 0 Å². The number of hydrogen-bond acceptors (Lipinski definition) is 3. The van der Waals surface area contributed by atoms with Gasteiger partial charge >= 0.3 is 0 Å². The molecule has 0 fully saturated rings. The van der Waals surface area contributed by atoms with Crippen molar-refractivity contribution in [1.29, 1.82) is 0 Å². The van der Waals surface area contributed by atoms with E-state index in [0.29, 0.717) is 10.2 Å². The number of nitrogens with zero attached hydrogens (tertiary/aromatic N) is 1. The van der Waals surface area contributed by atoms with Crippen LogP contribution in [-0.2, 0) is 9.59 Å². The minimum atomic E-state index is -0.599. The van der Waals surface area contributed by atoms with Gasteiger partial charge in [0.2, 0.25) is 11.8 Å². The van der Waals surface area contributed by atoms with Crippen LogP contribution in [0.2, 0.25) is 0 Å². The average molecular weight is 346 g/mol. The molecule has 0 spiro atoms. The van der Waals surface area contributed by atoms with Crippen molar-refractivity contribution in [2.24, 2.45) is 0 Å². The Labute approximate surface area is 125 Å². The molecular formula is C13H17BrFN3O2. The molecule has 2 amide bonds. The molecule has 0 bridgehead atoms. The maximum absolute atomic E-state index is 13.1. The van der Waals surface area contributed by atoms with Gasteiger partial charge in [-0.15, -0.1) is 0 Å². The van der Waals surface area contributed by atoms with E-state index in [0.717, 1.165) is 0 Å². The number of carbonyl (C=O) groups is 2. The monoisotopic (exact) mass is 345 g/mol. The molecular weight excluding hydrogens is 329 g/mol. The van der Waals surface area contributed by atoms with Crippen molar-refractivity contribution < 1.29 is 14.0 Å². The highest BCUT2D eigenvalue weighted by Gasteiger charge is 2.16. The Morgan fingerprint density at radius 1 is 1.35 bits per heavy atom. The highest BCUT2D eigenvalue weighted by Crippen LogP contribution is 2.18. The topological polar surface area (TPSA) is 61.4 Å². The van der Waals surface area contributed by atoms with E-state index in [4.69, 9.17) is 0 Å². The summed E-state index contributed by atoms with van der Waals surface area (Å²) in [6.45, 7) is 1.57. The van der Waals surface area contributed by atoms with Crippen LogP contribution < -0.4 is 10.6 Å². The number of hydrogen-bond donors (Lipinski definition) is 2. The third kappa shape index (κ3) is 5.16. The smallest absolute Gasteiger partial charge is 0.244 e. The third-order valence-corrected chi connectivity index (χ3v) is 2.96. The largest absolute Gasteiger partial charge is 0.376 e. The Morgan fingerprint density at radius 3 is 2.55 bits per heavy atom. The van der Waals surface area contributed by atoms with Gasteiger partial charge in [0, 0.05) is 24.3 Å². The van der Waals surface area contributed by atoms with Gasteiger partial charge < -0.3 is 15.5 Å². The van der Waals surface area contributed by atoms with Crippen LogP contribution in [0.1, 0.15) is 6.92 Å². The summed E-state index contributed by atoms with van der Waals surface area (Å²) in [7, 11) is 3.24.